The number of amides is 2. The molecule has 0 radical (unpaired) electrons. The Bertz CT molecular complexity index is 740. The third kappa shape index (κ3) is 7.16. The first-order valence-electron chi connectivity index (χ1n) is 9.95. The number of hydrogen-bond acceptors (Lipinski definition) is 3. The fourth-order valence-corrected chi connectivity index (χ4v) is 3.16. The number of carbonyl (C=O) groups excluding carboxylic acids is 2. The molecule has 0 spiro atoms. The van der Waals surface area contributed by atoms with Crippen molar-refractivity contribution in [3.63, 3.8) is 0 Å². The Hall–Kier alpha value is -2.66. The molecule has 2 amide bonds. The fraction of sp³-hybridized carbons (Fsp3) is 0.391. The molecule has 5 heteroatoms. The summed E-state index contributed by atoms with van der Waals surface area (Å²) >= 11 is 0. The van der Waals surface area contributed by atoms with Gasteiger partial charge in [-0.3, -0.25) is 9.59 Å². The predicted octanol–water partition coefficient (Wildman–Crippen LogP) is 3.78. The number of nitrogens with zero attached hydrogens (tertiary/aromatic N) is 1. The minimum atomic E-state index is -0.341. The minimum absolute atomic E-state index is 0.126. The van der Waals surface area contributed by atoms with Gasteiger partial charge in [0.2, 0.25) is 11.8 Å². The van der Waals surface area contributed by atoms with Crippen LogP contribution in [0, 0.1) is 0 Å². The van der Waals surface area contributed by atoms with Gasteiger partial charge in [-0.1, -0.05) is 56.3 Å². The van der Waals surface area contributed by atoms with E-state index in [-0.39, 0.29) is 24.3 Å². The average molecular weight is 382 g/mol. The molecule has 28 heavy (non-hydrogen) atoms. The van der Waals surface area contributed by atoms with Gasteiger partial charge in [0.15, 0.2) is 0 Å². The lowest BCUT2D eigenvalue weighted by Gasteiger charge is -2.18. The number of likely N-dealkylation sites (N-methyl/N-ethyl adjacent to an activating group) is 1. The van der Waals surface area contributed by atoms with Gasteiger partial charge in [0.25, 0.3) is 0 Å². The van der Waals surface area contributed by atoms with Gasteiger partial charge in [0, 0.05) is 19.2 Å². The van der Waals surface area contributed by atoms with Crippen molar-refractivity contribution in [1.82, 2.24) is 10.2 Å². The van der Waals surface area contributed by atoms with E-state index in [0.29, 0.717) is 0 Å². The van der Waals surface area contributed by atoms with Crippen molar-refractivity contribution in [2.45, 2.75) is 39.7 Å². The van der Waals surface area contributed by atoms with E-state index in [0.717, 1.165) is 37.3 Å². The maximum Gasteiger partial charge on any atom is 0.226 e. The van der Waals surface area contributed by atoms with Crippen molar-refractivity contribution in [1.29, 1.82) is 0 Å². The highest BCUT2D eigenvalue weighted by molar-refractivity contribution is 5.91. The lowest BCUT2D eigenvalue weighted by molar-refractivity contribution is -0.120. The van der Waals surface area contributed by atoms with E-state index in [1.807, 2.05) is 42.5 Å². The second-order valence-corrected chi connectivity index (χ2v) is 6.89. The Morgan fingerprint density at radius 3 is 2.18 bits per heavy atom. The molecule has 2 aromatic rings. The van der Waals surface area contributed by atoms with E-state index >= 15 is 0 Å². The highest BCUT2D eigenvalue weighted by Gasteiger charge is 2.17. The van der Waals surface area contributed by atoms with Crippen LogP contribution >= 0.6 is 0 Å². The highest BCUT2D eigenvalue weighted by Crippen LogP contribution is 2.18. The van der Waals surface area contributed by atoms with Gasteiger partial charge < -0.3 is 15.5 Å². The van der Waals surface area contributed by atoms with Gasteiger partial charge in [-0.25, -0.2) is 0 Å². The first-order valence-corrected chi connectivity index (χ1v) is 9.95. The van der Waals surface area contributed by atoms with E-state index in [1.54, 1.807) is 0 Å². The molecule has 2 N–H and O–H groups in total. The van der Waals surface area contributed by atoms with Gasteiger partial charge in [0.1, 0.15) is 0 Å². The maximum absolute atomic E-state index is 12.5. The van der Waals surface area contributed by atoms with Gasteiger partial charge in [0.05, 0.1) is 12.5 Å². The molecule has 0 fully saturated rings. The third-order valence-corrected chi connectivity index (χ3v) is 4.82. The molecule has 0 saturated carbocycles. The number of benzene rings is 2. The van der Waals surface area contributed by atoms with E-state index in [2.05, 4.69) is 41.5 Å². The van der Waals surface area contributed by atoms with E-state index in [4.69, 9.17) is 0 Å². The largest absolute Gasteiger partial charge is 0.349 e. The average Bonchev–Trinajstić information content (AvgIpc) is 2.70. The smallest absolute Gasteiger partial charge is 0.226 e. The molecule has 5 nitrogen and oxygen atoms in total. The number of anilines is 1. The first-order chi connectivity index (χ1) is 13.5. The molecular weight excluding hydrogens is 350 g/mol. The van der Waals surface area contributed by atoms with Gasteiger partial charge in [-0.15, -0.1) is 0 Å². The summed E-state index contributed by atoms with van der Waals surface area (Å²) in [5.41, 5.74) is 2.94. The van der Waals surface area contributed by atoms with Crippen molar-refractivity contribution >= 4 is 17.5 Å². The number of carbonyl (C=O) groups is 2. The zero-order chi connectivity index (χ0) is 20.4. The quantitative estimate of drug-likeness (QED) is 0.658. The summed E-state index contributed by atoms with van der Waals surface area (Å²) in [7, 11) is 0. The molecule has 0 aliphatic rings. The van der Waals surface area contributed by atoms with Crippen LogP contribution in [0.15, 0.2) is 54.6 Å². The number of hydrogen-bond donors (Lipinski definition) is 2. The third-order valence-electron chi connectivity index (χ3n) is 4.82. The van der Waals surface area contributed by atoms with Crippen LogP contribution in [0.1, 0.15) is 44.4 Å². The number of nitrogens with one attached hydrogen (secondary N) is 2. The van der Waals surface area contributed by atoms with Crippen LogP contribution in [-0.4, -0.2) is 36.3 Å². The fourth-order valence-electron chi connectivity index (χ4n) is 3.16. The second-order valence-electron chi connectivity index (χ2n) is 6.89. The highest BCUT2D eigenvalue weighted by atomic mass is 16.2. The molecule has 2 aromatic carbocycles. The molecule has 0 unspecified atom stereocenters. The lowest BCUT2D eigenvalue weighted by Crippen LogP contribution is -2.29. The molecule has 0 heterocycles. The van der Waals surface area contributed by atoms with Crippen molar-refractivity contribution in [3.05, 3.63) is 65.7 Å². The Kier molecular flexibility index (Phi) is 8.69. The Morgan fingerprint density at radius 2 is 1.61 bits per heavy atom. The van der Waals surface area contributed by atoms with E-state index in [9.17, 15) is 9.59 Å². The van der Waals surface area contributed by atoms with Crippen LogP contribution < -0.4 is 10.6 Å². The van der Waals surface area contributed by atoms with Crippen LogP contribution in [0.3, 0.4) is 0 Å². The molecule has 0 saturated heterocycles. The Labute approximate surface area is 168 Å². The van der Waals surface area contributed by atoms with Crippen LogP contribution in [-0.2, 0) is 16.0 Å². The summed E-state index contributed by atoms with van der Waals surface area (Å²) in [5, 5.41) is 5.79. The van der Waals surface area contributed by atoms with Crippen LogP contribution in [0.2, 0.25) is 0 Å². The first kappa shape index (κ1) is 21.6. The molecule has 0 aliphatic carbocycles. The molecule has 1 atom stereocenters. The lowest BCUT2D eigenvalue weighted by atomic mass is 10.0. The molecule has 150 valence electrons. The minimum Gasteiger partial charge on any atom is -0.349 e. The van der Waals surface area contributed by atoms with Crippen LogP contribution in [0.25, 0.3) is 0 Å². The molecule has 0 aliphatic heterocycles. The summed E-state index contributed by atoms with van der Waals surface area (Å²) in [6, 6.07) is 17.2. The molecule has 0 bridgehead atoms. The monoisotopic (exact) mass is 381 g/mol. The van der Waals surface area contributed by atoms with Crippen molar-refractivity contribution in [3.8, 4) is 0 Å². The van der Waals surface area contributed by atoms with E-state index < -0.39 is 0 Å². The molecule has 0 aromatic heterocycles. The number of rotatable bonds is 10. The zero-order valence-electron chi connectivity index (χ0n) is 17.1. The standard InChI is InChI=1S/C23H31N3O2/c1-4-26(5-2)16-15-19-11-13-21(14-12-19)25-23(28)17-22(24-18(3)27)20-9-7-6-8-10-20/h6-14,22H,4-5,15-17H2,1-3H3,(H,24,27)(H,25,28)/t22-/m0/s1. The SMILES string of the molecule is CCN(CC)CCc1ccc(NC(=O)C[C@H](NC(C)=O)c2ccccc2)cc1. The van der Waals surface area contributed by atoms with Crippen LogP contribution in [0.4, 0.5) is 5.69 Å². The van der Waals surface area contributed by atoms with Crippen molar-refractivity contribution in [2.75, 3.05) is 25.0 Å². The van der Waals surface area contributed by atoms with E-state index in [1.165, 1.54) is 12.5 Å². The Morgan fingerprint density at radius 1 is 0.964 bits per heavy atom. The zero-order valence-corrected chi connectivity index (χ0v) is 17.1. The summed E-state index contributed by atoms with van der Waals surface area (Å²) < 4.78 is 0. The summed E-state index contributed by atoms with van der Waals surface area (Å²) in [5.74, 6) is -0.280. The normalized spacial score (nSPS) is 11.9. The molecular formula is C23H31N3O2. The topological polar surface area (TPSA) is 61.4 Å². The summed E-state index contributed by atoms with van der Waals surface area (Å²) in [6.07, 6.45) is 1.18. The van der Waals surface area contributed by atoms with Crippen LogP contribution in [0.5, 0.6) is 0 Å². The molecule has 2 rings (SSSR count). The predicted molar refractivity (Wildman–Crippen MR) is 114 cm³/mol. The van der Waals surface area contributed by atoms with Gasteiger partial charge in [-0.05, 0) is 42.8 Å². The van der Waals surface area contributed by atoms with Gasteiger partial charge >= 0.3 is 0 Å². The van der Waals surface area contributed by atoms with Gasteiger partial charge in [-0.2, -0.15) is 0 Å². The van der Waals surface area contributed by atoms with Crippen molar-refractivity contribution < 1.29 is 9.59 Å². The summed E-state index contributed by atoms with van der Waals surface area (Å²) in [4.78, 5) is 26.4. The maximum atomic E-state index is 12.5. The second kappa shape index (κ2) is 11.2. The Balaban J connectivity index is 1.93. The summed E-state index contributed by atoms with van der Waals surface area (Å²) in [6.45, 7) is 8.96. The van der Waals surface area contributed by atoms with Crippen molar-refractivity contribution in [2.24, 2.45) is 0 Å².